The van der Waals surface area contributed by atoms with E-state index in [4.69, 9.17) is 14.3 Å². The van der Waals surface area contributed by atoms with Crippen LogP contribution in [0.25, 0.3) is 6.08 Å². The van der Waals surface area contributed by atoms with E-state index in [1.54, 1.807) is 13.0 Å². The molecule has 1 rings (SSSR count). The van der Waals surface area contributed by atoms with Crippen LogP contribution in [0.1, 0.15) is 29.7 Å². The number of aromatic carboxylic acids is 1. The minimum Gasteiger partial charge on any atom is -0.475 e. The van der Waals surface area contributed by atoms with E-state index < -0.39 is 5.97 Å². The smallest absolute Gasteiger partial charge is 0.371 e. The maximum absolute atomic E-state index is 10.9. The number of carbonyl (C=O) groups is 2. The van der Waals surface area contributed by atoms with Gasteiger partial charge >= 0.3 is 11.9 Å². The van der Waals surface area contributed by atoms with Crippen molar-refractivity contribution < 1.29 is 23.8 Å². The third-order valence-corrected chi connectivity index (χ3v) is 1.71. The third-order valence-electron chi connectivity index (χ3n) is 1.71. The van der Waals surface area contributed by atoms with Crippen LogP contribution in [0.2, 0.25) is 0 Å². The SMILES string of the molecule is CCOC(=O)CC=Cc1ccc(C(=O)O)o1. The van der Waals surface area contributed by atoms with Crippen LogP contribution in [-0.2, 0) is 9.53 Å². The molecule has 0 fully saturated rings. The zero-order chi connectivity index (χ0) is 12.0. The highest BCUT2D eigenvalue weighted by Crippen LogP contribution is 2.09. The summed E-state index contributed by atoms with van der Waals surface area (Å²) in [5, 5.41) is 8.59. The molecule has 0 radical (unpaired) electrons. The zero-order valence-electron chi connectivity index (χ0n) is 8.80. The molecule has 0 aromatic carbocycles. The molecule has 0 spiro atoms. The highest BCUT2D eigenvalue weighted by atomic mass is 16.5. The molecule has 1 heterocycles. The first kappa shape index (κ1) is 12.0. The predicted octanol–water partition coefficient (Wildman–Crippen LogP) is 1.94. The van der Waals surface area contributed by atoms with Gasteiger partial charge in [-0.1, -0.05) is 6.08 Å². The summed E-state index contributed by atoms with van der Waals surface area (Å²) in [4.78, 5) is 21.4. The number of carboxylic acids is 1. The van der Waals surface area contributed by atoms with Gasteiger partial charge in [-0.3, -0.25) is 4.79 Å². The van der Waals surface area contributed by atoms with E-state index in [2.05, 4.69) is 0 Å². The Hall–Kier alpha value is -2.04. The zero-order valence-corrected chi connectivity index (χ0v) is 8.80. The lowest BCUT2D eigenvalue weighted by molar-refractivity contribution is -0.142. The number of carboxylic acid groups (broad SMARTS) is 1. The summed E-state index contributed by atoms with van der Waals surface area (Å²) in [6.07, 6.45) is 3.22. The van der Waals surface area contributed by atoms with Crippen LogP contribution in [0, 0.1) is 0 Å². The predicted molar refractivity (Wildman–Crippen MR) is 56.0 cm³/mol. The van der Waals surface area contributed by atoms with Crippen molar-refractivity contribution in [2.24, 2.45) is 0 Å². The fourth-order valence-electron chi connectivity index (χ4n) is 1.05. The molecule has 0 aliphatic rings. The van der Waals surface area contributed by atoms with Gasteiger partial charge in [-0.05, 0) is 25.1 Å². The second kappa shape index (κ2) is 5.75. The Labute approximate surface area is 92.3 Å². The molecule has 0 saturated heterocycles. The average Bonchev–Trinajstić information content (AvgIpc) is 2.67. The molecule has 0 bridgehead atoms. The van der Waals surface area contributed by atoms with E-state index >= 15 is 0 Å². The fourth-order valence-corrected chi connectivity index (χ4v) is 1.05. The number of hydrogen-bond acceptors (Lipinski definition) is 4. The highest BCUT2D eigenvalue weighted by Gasteiger charge is 2.06. The summed E-state index contributed by atoms with van der Waals surface area (Å²) in [6.45, 7) is 2.07. The second-order valence-corrected chi connectivity index (χ2v) is 2.92. The van der Waals surface area contributed by atoms with Gasteiger partial charge in [0.05, 0.1) is 13.0 Å². The first-order chi connectivity index (χ1) is 7.63. The van der Waals surface area contributed by atoms with Gasteiger partial charge in [0, 0.05) is 0 Å². The normalized spacial score (nSPS) is 10.6. The summed E-state index contributed by atoms with van der Waals surface area (Å²) >= 11 is 0. The summed E-state index contributed by atoms with van der Waals surface area (Å²) in [6, 6.07) is 2.87. The lowest BCUT2D eigenvalue weighted by Gasteiger charge is -1.95. The molecule has 0 atom stereocenters. The van der Waals surface area contributed by atoms with Crippen molar-refractivity contribution in [3.05, 3.63) is 29.7 Å². The maximum Gasteiger partial charge on any atom is 0.371 e. The first-order valence-corrected chi connectivity index (χ1v) is 4.78. The van der Waals surface area contributed by atoms with Crippen LogP contribution in [0.5, 0.6) is 0 Å². The number of ether oxygens (including phenoxy) is 1. The Morgan fingerprint density at radius 2 is 2.25 bits per heavy atom. The molecule has 0 aliphatic carbocycles. The summed E-state index contributed by atoms with van der Waals surface area (Å²) in [5.41, 5.74) is 0. The molecule has 0 amide bonds. The molecule has 5 nitrogen and oxygen atoms in total. The van der Waals surface area contributed by atoms with Crippen LogP contribution in [-0.4, -0.2) is 23.7 Å². The molecular weight excluding hydrogens is 212 g/mol. The fraction of sp³-hybridized carbons (Fsp3) is 0.273. The Morgan fingerprint density at radius 1 is 1.50 bits per heavy atom. The monoisotopic (exact) mass is 224 g/mol. The van der Waals surface area contributed by atoms with Crippen molar-refractivity contribution in [2.75, 3.05) is 6.61 Å². The van der Waals surface area contributed by atoms with Crippen LogP contribution in [0.4, 0.5) is 0 Å². The number of furan rings is 1. The van der Waals surface area contributed by atoms with Gasteiger partial charge in [-0.15, -0.1) is 0 Å². The Morgan fingerprint density at radius 3 is 2.81 bits per heavy atom. The average molecular weight is 224 g/mol. The van der Waals surface area contributed by atoms with Gasteiger partial charge in [-0.2, -0.15) is 0 Å². The molecular formula is C11H12O5. The quantitative estimate of drug-likeness (QED) is 0.773. The van der Waals surface area contributed by atoms with Crippen molar-refractivity contribution in [2.45, 2.75) is 13.3 Å². The molecule has 1 N–H and O–H groups in total. The molecule has 1 aromatic heterocycles. The molecule has 5 heteroatoms. The minimum absolute atomic E-state index is 0.129. The van der Waals surface area contributed by atoms with Gasteiger partial charge in [0.15, 0.2) is 0 Å². The van der Waals surface area contributed by atoms with Crippen LogP contribution in [0.15, 0.2) is 22.6 Å². The number of rotatable bonds is 5. The summed E-state index contributed by atoms with van der Waals surface area (Å²) in [7, 11) is 0. The first-order valence-electron chi connectivity index (χ1n) is 4.78. The molecule has 0 unspecified atom stereocenters. The van der Waals surface area contributed by atoms with E-state index in [0.717, 1.165) is 0 Å². The van der Waals surface area contributed by atoms with E-state index in [0.29, 0.717) is 12.4 Å². The van der Waals surface area contributed by atoms with Crippen LogP contribution >= 0.6 is 0 Å². The highest BCUT2D eigenvalue weighted by molar-refractivity contribution is 5.84. The third kappa shape index (κ3) is 3.61. The summed E-state index contributed by atoms with van der Waals surface area (Å²) in [5.74, 6) is -1.19. The molecule has 16 heavy (non-hydrogen) atoms. The van der Waals surface area contributed by atoms with Crippen molar-refractivity contribution in [1.82, 2.24) is 0 Å². The van der Waals surface area contributed by atoms with Crippen LogP contribution < -0.4 is 0 Å². The van der Waals surface area contributed by atoms with Gasteiger partial charge in [0.25, 0.3) is 0 Å². The van der Waals surface area contributed by atoms with Gasteiger partial charge < -0.3 is 14.3 Å². The van der Waals surface area contributed by atoms with Gasteiger partial charge in [0.1, 0.15) is 5.76 Å². The largest absolute Gasteiger partial charge is 0.475 e. The van der Waals surface area contributed by atoms with E-state index in [-0.39, 0.29) is 18.2 Å². The number of esters is 1. The maximum atomic E-state index is 10.9. The Bertz CT molecular complexity index is 402. The topological polar surface area (TPSA) is 76.7 Å². The lowest BCUT2D eigenvalue weighted by Crippen LogP contribution is -2.01. The van der Waals surface area contributed by atoms with E-state index in [1.807, 2.05) is 0 Å². The standard InChI is InChI=1S/C11H12O5/c1-2-15-10(12)5-3-4-8-6-7-9(16-8)11(13)14/h3-4,6-7H,2,5H2,1H3,(H,13,14). The van der Waals surface area contributed by atoms with E-state index in [9.17, 15) is 9.59 Å². The number of hydrogen-bond donors (Lipinski definition) is 1. The lowest BCUT2D eigenvalue weighted by atomic mass is 10.3. The molecule has 0 aliphatic heterocycles. The van der Waals surface area contributed by atoms with Gasteiger partial charge in [-0.25, -0.2) is 4.79 Å². The van der Waals surface area contributed by atoms with Gasteiger partial charge in [0.2, 0.25) is 5.76 Å². The van der Waals surface area contributed by atoms with Crippen molar-refractivity contribution >= 4 is 18.0 Å². The Kier molecular flexibility index (Phi) is 4.32. The second-order valence-electron chi connectivity index (χ2n) is 2.92. The van der Waals surface area contributed by atoms with Crippen molar-refractivity contribution in [1.29, 1.82) is 0 Å². The summed E-state index contributed by atoms with van der Waals surface area (Å²) < 4.78 is 9.66. The van der Waals surface area contributed by atoms with Crippen molar-refractivity contribution in [3.63, 3.8) is 0 Å². The van der Waals surface area contributed by atoms with Crippen LogP contribution in [0.3, 0.4) is 0 Å². The number of carbonyl (C=O) groups excluding carboxylic acids is 1. The minimum atomic E-state index is -1.12. The molecule has 86 valence electrons. The molecule has 1 aromatic rings. The molecule has 0 saturated carbocycles. The Balaban J connectivity index is 2.50. The van der Waals surface area contributed by atoms with Crippen molar-refractivity contribution in [3.8, 4) is 0 Å². The van der Waals surface area contributed by atoms with E-state index in [1.165, 1.54) is 18.2 Å².